The molecule has 0 aromatic carbocycles. The number of rotatable bonds is 3. The SMILES string of the molecule is CC[C@H](O)c1c(C)nn(CC)c1C. The first-order valence-corrected chi connectivity index (χ1v) is 4.83. The zero-order valence-corrected chi connectivity index (χ0v) is 8.83. The fourth-order valence-corrected chi connectivity index (χ4v) is 1.71. The predicted molar refractivity (Wildman–Crippen MR) is 52.6 cm³/mol. The van der Waals surface area contributed by atoms with Gasteiger partial charge in [0.25, 0.3) is 0 Å². The first-order valence-electron chi connectivity index (χ1n) is 4.83. The molecule has 1 atom stereocenters. The van der Waals surface area contributed by atoms with E-state index in [9.17, 15) is 5.11 Å². The van der Waals surface area contributed by atoms with Crippen LogP contribution in [0, 0.1) is 13.8 Å². The van der Waals surface area contributed by atoms with E-state index in [1.807, 2.05) is 25.5 Å². The highest BCUT2D eigenvalue weighted by Gasteiger charge is 2.16. The van der Waals surface area contributed by atoms with Gasteiger partial charge in [-0.05, 0) is 27.2 Å². The highest BCUT2D eigenvalue weighted by molar-refractivity contribution is 5.26. The van der Waals surface area contributed by atoms with Gasteiger partial charge in [0.05, 0.1) is 11.8 Å². The number of nitrogens with zero attached hydrogens (tertiary/aromatic N) is 2. The third kappa shape index (κ3) is 1.75. The summed E-state index contributed by atoms with van der Waals surface area (Å²) in [5, 5.41) is 14.1. The Balaban J connectivity index is 3.12. The Bertz CT molecular complexity index is 291. The summed E-state index contributed by atoms with van der Waals surface area (Å²) in [5.74, 6) is 0. The minimum Gasteiger partial charge on any atom is -0.388 e. The van der Waals surface area contributed by atoms with Crippen LogP contribution in [-0.4, -0.2) is 14.9 Å². The van der Waals surface area contributed by atoms with Crippen molar-refractivity contribution in [3.05, 3.63) is 17.0 Å². The Morgan fingerprint density at radius 3 is 2.38 bits per heavy atom. The van der Waals surface area contributed by atoms with Crippen LogP contribution in [0.5, 0.6) is 0 Å². The van der Waals surface area contributed by atoms with Gasteiger partial charge < -0.3 is 5.11 Å². The number of aliphatic hydroxyl groups excluding tert-OH is 1. The molecule has 1 aromatic heterocycles. The van der Waals surface area contributed by atoms with Crippen molar-refractivity contribution in [3.8, 4) is 0 Å². The van der Waals surface area contributed by atoms with Gasteiger partial charge in [-0.3, -0.25) is 4.68 Å². The summed E-state index contributed by atoms with van der Waals surface area (Å²) in [6, 6.07) is 0. The summed E-state index contributed by atoms with van der Waals surface area (Å²) >= 11 is 0. The number of hydrogen-bond acceptors (Lipinski definition) is 2. The van der Waals surface area contributed by atoms with Crippen molar-refractivity contribution in [2.75, 3.05) is 0 Å². The smallest absolute Gasteiger partial charge is 0.0823 e. The van der Waals surface area contributed by atoms with Gasteiger partial charge in [0, 0.05) is 17.8 Å². The molecule has 1 aromatic rings. The molecule has 0 aliphatic heterocycles. The van der Waals surface area contributed by atoms with Gasteiger partial charge in [0.15, 0.2) is 0 Å². The lowest BCUT2D eigenvalue weighted by atomic mass is 10.1. The topological polar surface area (TPSA) is 38.1 Å². The average molecular weight is 182 g/mol. The molecule has 0 saturated carbocycles. The first kappa shape index (κ1) is 10.3. The molecule has 0 radical (unpaired) electrons. The first-order chi connectivity index (χ1) is 6.11. The van der Waals surface area contributed by atoms with E-state index in [0.717, 1.165) is 29.9 Å². The van der Waals surface area contributed by atoms with E-state index >= 15 is 0 Å². The zero-order valence-electron chi connectivity index (χ0n) is 8.83. The molecule has 0 spiro atoms. The second-order valence-electron chi connectivity index (χ2n) is 3.32. The maximum absolute atomic E-state index is 9.75. The van der Waals surface area contributed by atoms with E-state index in [1.54, 1.807) is 0 Å². The minimum absolute atomic E-state index is 0.361. The van der Waals surface area contributed by atoms with Gasteiger partial charge in [0.2, 0.25) is 0 Å². The van der Waals surface area contributed by atoms with Gasteiger partial charge in [-0.1, -0.05) is 6.92 Å². The van der Waals surface area contributed by atoms with Crippen molar-refractivity contribution in [2.45, 2.75) is 46.8 Å². The Morgan fingerprint density at radius 2 is 2.00 bits per heavy atom. The second kappa shape index (κ2) is 3.92. The fourth-order valence-electron chi connectivity index (χ4n) is 1.71. The van der Waals surface area contributed by atoms with Crippen molar-refractivity contribution in [1.29, 1.82) is 0 Å². The normalized spacial score (nSPS) is 13.3. The van der Waals surface area contributed by atoms with Crippen molar-refractivity contribution in [1.82, 2.24) is 9.78 Å². The molecule has 0 unspecified atom stereocenters. The minimum atomic E-state index is -0.361. The van der Waals surface area contributed by atoms with Crippen molar-refractivity contribution in [2.24, 2.45) is 0 Å². The lowest BCUT2D eigenvalue weighted by Crippen LogP contribution is -2.01. The van der Waals surface area contributed by atoms with Gasteiger partial charge in [-0.15, -0.1) is 0 Å². The Kier molecular flexibility index (Phi) is 3.09. The van der Waals surface area contributed by atoms with E-state index in [4.69, 9.17) is 0 Å². The number of hydrogen-bond donors (Lipinski definition) is 1. The molecule has 0 saturated heterocycles. The van der Waals surface area contributed by atoms with Gasteiger partial charge in [-0.25, -0.2) is 0 Å². The van der Waals surface area contributed by atoms with Gasteiger partial charge >= 0.3 is 0 Å². The molecule has 0 aliphatic rings. The lowest BCUT2D eigenvalue weighted by Gasteiger charge is -2.08. The molecule has 0 bridgehead atoms. The van der Waals surface area contributed by atoms with Crippen LogP contribution in [0.15, 0.2) is 0 Å². The molecule has 0 aliphatic carbocycles. The van der Waals surface area contributed by atoms with Gasteiger partial charge in [-0.2, -0.15) is 5.10 Å². The Morgan fingerprint density at radius 1 is 1.38 bits per heavy atom. The third-order valence-corrected chi connectivity index (χ3v) is 2.46. The molecule has 74 valence electrons. The standard InChI is InChI=1S/C10H18N2O/c1-5-9(13)10-7(3)11-12(6-2)8(10)4/h9,13H,5-6H2,1-4H3/t9-/m0/s1. The summed E-state index contributed by atoms with van der Waals surface area (Å²) in [7, 11) is 0. The highest BCUT2D eigenvalue weighted by atomic mass is 16.3. The molecule has 13 heavy (non-hydrogen) atoms. The van der Waals surface area contributed by atoms with Gasteiger partial charge in [0.1, 0.15) is 0 Å². The summed E-state index contributed by atoms with van der Waals surface area (Å²) in [6.45, 7) is 8.86. The number of aryl methyl sites for hydroxylation is 2. The van der Waals surface area contributed by atoms with Crippen molar-refractivity contribution in [3.63, 3.8) is 0 Å². The summed E-state index contributed by atoms with van der Waals surface area (Å²) < 4.78 is 1.93. The number of aromatic nitrogens is 2. The van der Waals surface area contributed by atoms with Crippen LogP contribution in [0.3, 0.4) is 0 Å². The molecule has 1 heterocycles. The maximum Gasteiger partial charge on any atom is 0.0823 e. The van der Waals surface area contributed by atoms with E-state index < -0.39 is 0 Å². The van der Waals surface area contributed by atoms with Crippen LogP contribution < -0.4 is 0 Å². The summed E-state index contributed by atoms with van der Waals surface area (Å²) in [4.78, 5) is 0. The largest absolute Gasteiger partial charge is 0.388 e. The van der Waals surface area contributed by atoms with Crippen LogP contribution in [0.25, 0.3) is 0 Å². The molecule has 0 amide bonds. The van der Waals surface area contributed by atoms with Crippen LogP contribution in [-0.2, 0) is 6.54 Å². The van der Waals surface area contributed by atoms with Crippen LogP contribution in [0.1, 0.15) is 43.3 Å². The molecular formula is C10H18N2O. The fraction of sp³-hybridized carbons (Fsp3) is 0.700. The zero-order chi connectivity index (χ0) is 10.0. The average Bonchev–Trinajstić information content (AvgIpc) is 2.40. The summed E-state index contributed by atoms with van der Waals surface area (Å²) in [6.07, 6.45) is 0.386. The third-order valence-electron chi connectivity index (χ3n) is 2.46. The van der Waals surface area contributed by atoms with Crippen molar-refractivity contribution >= 4 is 0 Å². The van der Waals surface area contributed by atoms with E-state index in [1.165, 1.54) is 0 Å². The predicted octanol–water partition coefficient (Wildman–Crippen LogP) is 1.96. The molecule has 3 nitrogen and oxygen atoms in total. The molecule has 1 N–H and O–H groups in total. The molecular weight excluding hydrogens is 164 g/mol. The monoisotopic (exact) mass is 182 g/mol. The van der Waals surface area contributed by atoms with Crippen molar-refractivity contribution < 1.29 is 5.11 Å². The van der Waals surface area contributed by atoms with Crippen LogP contribution in [0.4, 0.5) is 0 Å². The van der Waals surface area contributed by atoms with E-state index in [2.05, 4.69) is 12.0 Å². The Labute approximate surface area is 79.4 Å². The maximum atomic E-state index is 9.75. The Hall–Kier alpha value is -0.830. The van der Waals surface area contributed by atoms with E-state index in [0.29, 0.717) is 0 Å². The molecule has 0 fully saturated rings. The quantitative estimate of drug-likeness (QED) is 0.776. The highest BCUT2D eigenvalue weighted by Crippen LogP contribution is 2.23. The van der Waals surface area contributed by atoms with Crippen LogP contribution in [0.2, 0.25) is 0 Å². The van der Waals surface area contributed by atoms with E-state index in [-0.39, 0.29) is 6.10 Å². The summed E-state index contributed by atoms with van der Waals surface area (Å²) in [5.41, 5.74) is 3.05. The molecule has 1 rings (SSSR count). The van der Waals surface area contributed by atoms with Crippen LogP contribution >= 0.6 is 0 Å². The second-order valence-corrected chi connectivity index (χ2v) is 3.32. The lowest BCUT2D eigenvalue weighted by molar-refractivity contribution is 0.172. The number of aliphatic hydroxyl groups is 1. The molecule has 3 heteroatoms.